The summed E-state index contributed by atoms with van der Waals surface area (Å²) < 4.78 is 5.83. The van der Waals surface area contributed by atoms with E-state index in [4.69, 9.17) is 4.74 Å². The molecule has 0 bridgehead atoms. The zero-order chi connectivity index (χ0) is 13.1. The molecule has 3 rings (SSSR count). The minimum atomic E-state index is 0.404. The predicted molar refractivity (Wildman–Crippen MR) is 78.4 cm³/mol. The SMILES string of the molecule is CNCC1CN(C2CCC3(CCCC3)CC2)CCO1. The topological polar surface area (TPSA) is 24.5 Å². The average molecular weight is 266 g/mol. The summed E-state index contributed by atoms with van der Waals surface area (Å²) in [4.78, 5) is 2.72. The molecule has 2 saturated carbocycles. The van der Waals surface area contributed by atoms with Gasteiger partial charge in [0.05, 0.1) is 12.7 Å². The molecule has 1 saturated heterocycles. The number of ether oxygens (including phenoxy) is 1. The van der Waals surface area contributed by atoms with Gasteiger partial charge in [0.15, 0.2) is 0 Å². The number of rotatable bonds is 3. The van der Waals surface area contributed by atoms with Crippen LogP contribution in [0.1, 0.15) is 51.4 Å². The van der Waals surface area contributed by atoms with Crippen molar-refractivity contribution in [3.05, 3.63) is 0 Å². The molecule has 3 fully saturated rings. The van der Waals surface area contributed by atoms with Crippen LogP contribution in [0.25, 0.3) is 0 Å². The summed E-state index contributed by atoms with van der Waals surface area (Å²) in [5.74, 6) is 0. The molecule has 0 amide bonds. The molecule has 1 aliphatic heterocycles. The Hall–Kier alpha value is -0.120. The first-order chi connectivity index (χ1) is 9.31. The lowest BCUT2D eigenvalue weighted by Gasteiger charge is -2.44. The molecule has 3 heteroatoms. The molecule has 0 radical (unpaired) electrons. The molecule has 1 N–H and O–H groups in total. The van der Waals surface area contributed by atoms with Crippen molar-refractivity contribution in [3.8, 4) is 0 Å². The van der Waals surface area contributed by atoms with Gasteiger partial charge >= 0.3 is 0 Å². The van der Waals surface area contributed by atoms with Gasteiger partial charge in [-0.1, -0.05) is 12.8 Å². The molecule has 0 aromatic carbocycles. The zero-order valence-corrected chi connectivity index (χ0v) is 12.5. The van der Waals surface area contributed by atoms with Crippen LogP contribution in [0, 0.1) is 5.41 Å². The Balaban J connectivity index is 1.50. The molecule has 3 aliphatic rings. The van der Waals surface area contributed by atoms with Crippen molar-refractivity contribution in [2.45, 2.75) is 63.5 Å². The van der Waals surface area contributed by atoms with Crippen LogP contribution in [0.2, 0.25) is 0 Å². The van der Waals surface area contributed by atoms with E-state index in [0.717, 1.165) is 37.7 Å². The zero-order valence-electron chi connectivity index (χ0n) is 12.5. The normalized spacial score (nSPS) is 33.0. The van der Waals surface area contributed by atoms with Gasteiger partial charge in [0.25, 0.3) is 0 Å². The Morgan fingerprint density at radius 1 is 1.16 bits per heavy atom. The maximum absolute atomic E-state index is 5.83. The lowest BCUT2D eigenvalue weighted by atomic mass is 9.71. The summed E-state index contributed by atoms with van der Waals surface area (Å²) in [6, 6.07) is 0.842. The number of hydrogen-bond donors (Lipinski definition) is 1. The van der Waals surface area contributed by atoms with E-state index in [-0.39, 0.29) is 0 Å². The van der Waals surface area contributed by atoms with Crippen LogP contribution in [0.15, 0.2) is 0 Å². The van der Waals surface area contributed by atoms with E-state index in [1.807, 2.05) is 7.05 Å². The third kappa shape index (κ3) is 3.14. The van der Waals surface area contributed by atoms with Crippen molar-refractivity contribution >= 4 is 0 Å². The van der Waals surface area contributed by atoms with Gasteiger partial charge in [-0.25, -0.2) is 0 Å². The molecular weight excluding hydrogens is 236 g/mol. The van der Waals surface area contributed by atoms with Crippen molar-refractivity contribution in [2.75, 3.05) is 33.3 Å². The molecule has 1 spiro atoms. The van der Waals surface area contributed by atoms with E-state index in [2.05, 4.69) is 10.2 Å². The average Bonchev–Trinajstić information content (AvgIpc) is 2.89. The van der Waals surface area contributed by atoms with Crippen LogP contribution in [0.3, 0.4) is 0 Å². The van der Waals surface area contributed by atoms with Crippen molar-refractivity contribution < 1.29 is 4.74 Å². The summed E-state index contributed by atoms with van der Waals surface area (Å²) in [5.41, 5.74) is 0.771. The highest BCUT2D eigenvalue weighted by Crippen LogP contribution is 2.49. The minimum Gasteiger partial charge on any atom is -0.374 e. The fourth-order valence-electron chi connectivity index (χ4n) is 4.63. The van der Waals surface area contributed by atoms with Gasteiger partial charge in [0.2, 0.25) is 0 Å². The molecule has 2 aliphatic carbocycles. The number of morpholine rings is 1. The van der Waals surface area contributed by atoms with E-state index >= 15 is 0 Å². The fourth-order valence-corrected chi connectivity index (χ4v) is 4.63. The Kier molecular flexibility index (Phi) is 4.45. The van der Waals surface area contributed by atoms with Crippen LogP contribution in [-0.2, 0) is 4.74 Å². The van der Waals surface area contributed by atoms with Gasteiger partial charge in [-0.2, -0.15) is 0 Å². The van der Waals surface area contributed by atoms with E-state index < -0.39 is 0 Å². The van der Waals surface area contributed by atoms with Gasteiger partial charge in [-0.3, -0.25) is 4.90 Å². The van der Waals surface area contributed by atoms with Gasteiger partial charge in [-0.15, -0.1) is 0 Å². The first-order valence-electron chi connectivity index (χ1n) is 8.32. The monoisotopic (exact) mass is 266 g/mol. The highest BCUT2D eigenvalue weighted by atomic mass is 16.5. The van der Waals surface area contributed by atoms with Gasteiger partial charge in [0.1, 0.15) is 0 Å². The van der Waals surface area contributed by atoms with Gasteiger partial charge in [-0.05, 0) is 51.0 Å². The van der Waals surface area contributed by atoms with Crippen molar-refractivity contribution in [1.82, 2.24) is 10.2 Å². The van der Waals surface area contributed by atoms with Crippen LogP contribution < -0.4 is 5.32 Å². The van der Waals surface area contributed by atoms with Crippen LogP contribution in [0.5, 0.6) is 0 Å². The molecule has 110 valence electrons. The maximum atomic E-state index is 5.83. The van der Waals surface area contributed by atoms with E-state index in [1.54, 1.807) is 0 Å². The number of likely N-dealkylation sites (N-methyl/N-ethyl adjacent to an activating group) is 1. The Labute approximate surface area is 118 Å². The van der Waals surface area contributed by atoms with E-state index in [0.29, 0.717) is 6.10 Å². The highest BCUT2D eigenvalue weighted by Gasteiger charge is 2.39. The third-order valence-electron chi connectivity index (χ3n) is 5.80. The first-order valence-corrected chi connectivity index (χ1v) is 8.32. The van der Waals surface area contributed by atoms with Crippen molar-refractivity contribution in [2.24, 2.45) is 5.41 Å². The second kappa shape index (κ2) is 6.11. The molecule has 0 aromatic heterocycles. The van der Waals surface area contributed by atoms with Crippen molar-refractivity contribution in [3.63, 3.8) is 0 Å². The standard InChI is InChI=1S/C16H30N2O/c1-17-12-15-13-18(10-11-19-15)14-4-8-16(9-5-14)6-2-3-7-16/h14-15,17H,2-13H2,1H3. The number of hydrogen-bond acceptors (Lipinski definition) is 3. The van der Waals surface area contributed by atoms with Gasteiger partial charge < -0.3 is 10.1 Å². The summed E-state index contributed by atoms with van der Waals surface area (Å²) in [7, 11) is 2.02. The lowest BCUT2D eigenvalue weighted by molar-refractivity contribution is -0.0521. The summed E-state index contributed by atoms with van der Waals surface area (Å²) in [6.45, 7) is 4.21. The second-order valence-electron chi connectivity index (χ2n) is 6.98. The van der Waals surface area contributed by atoms with E-state index in [1.165, 1.54) is 51.4 Å². The molecular formula is C16H30N2O. The van der Waals surface area contributed by atoms with Crippen LogP contribution in [-0.4, -0.2) is 50.3 Å². The van der Waals surface area contributed by atoms with Gasteiger partial charge in [0, 0.05) is 25.7 Å². The second-order valence-corrected chi connectivity index (χ2v) is 6.98. The maximum Gasteiger partial charge on any atom is 0.0826 e. The molecule has 19 heavy (non-hydrogen) atoms. The highest BCUT2D eigenvalue weighted by molar-refractivity contribution is 4.92. The van der Waals surface area contributed by atoms with E-state index in [9.17, 15) is 0 Å². The minimum absolute atomic E-state index is 0.404. The number of nitrogens with zero attached hydrogens (tertiary/aromatic N) is 1. The van der Waals surface area contributed by atoms with Crippen LogP contribution in [0.4, 0.5) is 0 Å². The summed E-state index contributed by atoms with van der Waals surface area (Å²) in [5, 5.41) is 3.25. The summed E-state index contributed by atoms with van der Waals surface area (Å²) >= 11 is 0. The fraction of sp³-hybridized carbons (Fsp3) is 1.00. The Morgan fingerprint density at radius 3 is 2.58 bits per heavy atom. The third-order valence-corrected chi connectivity index (χ3v) is 5.80. The smallest absolute Gasteiger partial charge is 0.0826 e. The van der Waals surface area contributed by atoms with Crippen LogP contribution >= 0.6 is 0 Å². The first kappa shape index (κ1) is 13.8. The molecule has 3 nitrogen and oxygen atoms in total. The summed E-state index contributed by atoms with van der Waals surface area (Å²) in [6.07, 6.45) is 12.3. The predicted octanol–water partition coefficient (Wildman–Crippen LogP) is 2.41. The quantitative estimate of drug-likeness (QED) is 0.849. The molecule has 1 atom stereocenters. The Bertz CT molecular complexity index is 276. The largest absolute Gasteiger partial charge is 0.374 e. The molecule has 1 heterocycles. The Morgan fingerprint density at radius 2 is 1.89 bits per heavy atom. The molecule has 1 unspecified atom stereocenters. The van der Waals surface area contributed by atoms with Crippen molar-refractivity contribution in [1.29, 1.82) is 0 Å². The number of nitrogens with one attached hydrogen (secondary N) is 1. The lowest BCUT2D eigenvalue weighted by Crippen LogP contribution is -2.51. The molecule has 0 aromatic rings.